The van der Waals surface area contributed by atoms with Gasteiger partial charge in [0.05, 0.1) is 16.5 Å². The number of hydrogen-bond donors (Lipinski definition) is 1. The number of allylic oxidation sites excluding steroid dienone is 1. The lowest BCUT2D eigenvalue weighted by atomic mass is 10.2. The standard InChI is InChI=1S/C13H14ClNO3S3/c1-9(19)7-13-15(5-2-6-21(16,17)18)11-8-10(14)3-4-12(11)20-13/h3-4,7-8H,2,5-6H2,1H3,(H,16,17,18)/b13-7-. The van der Waals surface area contributed by atoms with Crippen LogP contribution in [0.1, 0.15) is 13.3 Å². The maximum Gasteiger partial charge on any atom is 0.264 e. The Hall–Kier alpha value is -0.600. The van der Waals surface area contributed by atoms with Crippen LogP contribution in [0.15, 0.2) is 34.2 Å². The third kappa shape index (κ3) is 4.69. The van der Waals surface area contributed by atoms with Crippen LogP contribution in [0.2, 0.25) is 5.02 Å². The van der Waals surface area contributed by atoms with Crippen LogP contribution in [0.25, 0.3) is 0 Å². The second-order valence-corrected chi connectivity index (χ2v) is 8.31. The summed E-state index contributed by atoms with van der Waals surface area (Å²) in [5, 5.41) is 1.56. The Morgan fingerprint density at radius 2 is 2.24 bits per heavy atom. The van der Waals surface area contributed by atoms with Crippen molar-refractivity contribution in [3.63, 3.8) is 0 Å². The lowest BCUT2D eigenvalue weighted by Crippen LogP contribution is -2.22. The zero-order chi connectivity index (χ0) is 15.6. The molecule has 0 spiro atoms. The van der Waals surface area contributed by atoms with E-state index in [0.29, 0.717) is 18.0 Å². The van der Waals surface area contributed by atoms with E-state index in [-0.39, 0.29) is 5.75 Å². The molecule has 4 nitrogen and oxygen atoms in total. The van der Waals surface area contributed by atoms with E-state index in [1.807, 2.05) is 36.1 Å². The summed E-state index contributed by atoms with van der Waals surface area (Å²) >= 11 is 12.7. The fourth-order valence-corrected chi connectivity index (χ4v) is 4.01. The van der Waals surface area contributed by atoms with Crippen LogP contribution < -0.4 is 4.90 Å². The highest BCUT2D eigenvalue weighted by atomic mass is 35.5. The van der Waals surface area contributed by atoms with E-state index in [1.165, 1.54) is 0 Å². The van der Waals surface area contributed by atoms with Crippen molar-refractivity contribution in [3.05, 3.63) is 34.3 Å². The second kappa shape index (κ2) is 6.66. The van der Waals surface area contributed by atoms with Gasteiger partial charge in [0.2, 0.25) is 0 Å². The SMILES string of the molecule is CC(=S)/C=C1\Sc2ccc(Cl)cc2N1CCCS(=O)(=O)O. The Morgan fingerprint density at radius 1 is 1.52 bits per heavy atom. The molecular weight excluding hydrogens is 350 g/mol. The largest absolute Gasteiger partial charge is 0.335 e. The van der Waals surface area contributed by atoms with Gasteiger partial charge in [-0.3, -0.25) is 4.55 Å². The fraction of sp³-hybridized carbons (Fsp3) is 0.308. The predicted octanol–water partition coefficient (Wildman–Crippen LogP) is 3.76. The quantitative estimate of drug-likeness (QED) is 0.488. The molecule has 0 radical (unpaired) electrons. The zero-order valence-corrected chi connectivity index (χ0v) is 14.4. The molecule has 0 aliphatic carbocycles. The molecule has 2 rings (SSSR count). The smallest absolute Gasteiger partial charge is 0.264 e. The first-order chi connectivity index (χ1) is 9.76. The predicted molar refractivity (Wildman–Crippen MR) is 92.0 cm³/mol. The van der Waals surface area contributed by atoms with E-state index in [1.54, 1.807) is 11.8 Å². The van der Waals surface area contributed by atoms with Crippen molar-refractivity contribution >= 4 is 56.3 Å². The van der Waals surface area contributed by atoms with Gasteiger partial charge in [-0.05, 0) is 37.6 Å². The van der Waals surface area contributed by atoms with Gasteiger partial charge in [-0.15, -0.1) is 0 Å². The molecule has 1 aromatic carbocycles. The summed E-state index contributed by atoms with van der Waals surface area (Å²) in [5.74, 6) is -0.270. The van der Waals surface area contributed by atoms with E-state index < -0.39 is 10.1 Å². The summed E-state index contributed by atoms with van der Waals surface area (Å²) in [6, 6.07) is 5.59. The minimum atomic E-state index is -3.95. The highest BCUT2D eigenvalue weighted by Crippen LogP contribution is 2.46. The van der Waals surface area contributed by atoms with Crippen LogP contribution in [-0.4, -0.2) is 30.1 Å². The van der Waals surface area contributed by atoms with Crippen molar-refractivity contribution in [1.82, 2.24) is 0 Å². The summed E-state index contributed by atoms with van der Waals surface area (Å²) in [6.07, 6.45) is 2.19. The van der Waals surface area contributed by atoms with Crippen molar-refractivity contribution in [2.45, 2.75) is 18.2 Å². The fourth-order valence-electron chi connectivity index (χ4n) is 1.99. The normalized spacial score (nSPS) is 16.3. The van der Waals surface area contributed by atoms with Crippen molar-refractivity contribution in [2.75, 3.05) is 17.2 Å². The number of hydrogen-bond acceptors (Lipinski definition) is 5. The number of fused-ring (bicyclic) bond motifs is 1. The van der Waals surface area contributed by atoms with Gasteiger partial charge in [-0.1, -0.05) is 35.6 Å². The van der Waals surface area contributed by atoms with E-state index in [9.17, 15) is 8.42 Å². The van der Waals surface area contributed by atoms with Gasteiger partial charge in [0, 0.05) is 21.3 Å². The molecule has 0 atom stereocenters. The Balaban J connectivity index is 2.25. The molecule has 0 fully saturated rings. The Morgan fingerprint density at radius 3 is 2.86 bits per heavy atom. The maximum absolute atomic E-state index is 10.8. The third-order valence-corrected chi connectivity index (χ3v) is 5.07. The molecular formula is C13H14ClNO3S3. The average molecular weight is 364 g/mol. The van der Waals surface area contributed by atoms with Crippen molar-refractivity contribution in [3.8, 4) is 0 Å². The Bertz CT molecular complexity index is 701. The summed E-state index contributed by atoms with van der Waals surface area (Å²) in [4.78, 5) is 3.78. The maximum atomic E-state index is 10.8. The third-order valence-electron chi connectivity index (χ3n) is 2.80. The Labute approximate surface area is 138 Å². The molecule has 0 aromatic heterocycles. The van der Waals surface area contributed by atoms with E-state index in [4.69, 9.17) is 28.4 Å². The lowest BCUT2D eigenvalue weighted by Gasteiger charge is -2.20. The molecule has 1 aromatic rings. The van der Waals surface area contributed by atoms with Crippen molar-refractivity contribution in [2.24, 2.45) is 0 Å². The first-order valence-electron chi connectivity index (χ1n) is 6.18. The van der Waals surface area contributed by atoms with Crippen LogP contribution in [0.4, 0.5) is 5.69 Å². The van der Waals surface area contributed by atoms with Crippen LogP contribution in [-0.2, 0) is 10.1 Å². The minimum absolute atomic E-state index is 0.270. The molecule has 0 amide bonds. The Kier molecular flexibility index (Phi) is 5.32. The van der Waals surface area contributed by atoms with E-state index in [0.717, 1.165) is 20.5 Å². The molecule has 8 heteroatoms. The summed E-state index contributed by atoms with van der Waals surface area (Å²) in [7, 11) is -3.95. The van der Waals surface area contributed by atoms with Gasteiger partial charge in [-0.25, -0.2) is 0 Å². The van der Waals surface area contributed by atoms with E-state index >= 15 is 0 Å². The highest BCUT2D eigenvalue weighted by Gasteiger charge is 2.25. The molecule has 0 saturated heterocycles. The van der Waals surface area contributed by atoms with Gasteiger partial charge < -0.3 is 4.90 Å². The first kappa shape index (κ1) is 16.8. The number of nitrogens with zero attached hydrogens (tertiary/aromatic N) is 1. The number of halogens is 1. The molecule has 0 unspecified atom stereocenters. The summed E-state index contributed by atoms with van der Waals surface area (Å²) in [6.45, 7) is 2.30. The molecule has 0 saturated carbocycles. The molecule has 1 aliphatic rings. The molecule has 1 heterocycles. The first-order valence-corrected chi connectivity index (χ1v) is 9.40. The number of thioether (sulfide) groups is 1. The van der Waals surface area contributed by atoms with E-state index in [2.05, 4.69) is 0 Å². The number of thiocarbonyl (C=S) groups is 1. The van der Waals surface area contributed by atoms with Gasteiger partial charge in [0.15, 0.2) is 0 Å². The lowest BCUT2D eigenvalue weighted by molar-refractivity contribution is 0.481. The topological polar surface area (TPSA) is 57.6 Å². The number of rotatable bonds is 5. The van der Waals surface area contributed by atoms with Gasteiger partial charge in [-0.2, -0.15) is 8.42 Å². The highest BCUT2D eigenvalue weighted by molar-refractivity contribution is 8.03. The van der Waals surface area contributed by atoms with Crippen LogP contribution in [0.3, 0.4) is 0 Å². The minimum Gasteiger partial charge on any atom is -0.335 e. The summed E-state index contributed by atoms with van der Waals surface area (Å²) in [5.41, 5.74) is 0.935. The zero-order valence-electron chi connectivity index (χ0n) is 11.2. The molecule has 1 aliphatic heterocycles. The van der Waals surface area contributed by atoms with Gasteiger partial charge in [0.1, 0.15) is 0 Å². The molecule has 21 heavy (non-hydrogen) atoms. The van der Waals surface area contributed by atoms with Crippen LogP contribution in [0.5, 0.6) is 0 Å². The van der Waals surface area contributed by atoms with Crippen LogP contribution in [0, 0.1) is 0 Å². The van der Waals surface area contributed by atoms with Crippen molar-refractivity contribution < 1.29 is 13.0 Å². The molecule has 114 valence electrons. The average Bonchev–Trinajstić information content (AvgIpc) is 2.65. The monoisotopic (exact) mass is 363 g/mol. The van der Waals surface area contributed by atoms with Gasteiger partial charge >= 0.3 is 0 Å². The van der Waals surface area contributed by atoms with Crippen LogP contribution >= 0.6 is 35.6 Å². The van der Waals surface area contributed by atoms with Gasteiger partial charge in [0.25, 0.3) is 10.1 Å². The molecule has 0 bridgehead atoms. The molecule has 1 N–H and O–H groups in total. The summed E-state index contributed by atoms with van der Waals surface area (Å²) < 4.78 is 30.5. The number of benzene rings is 1. The number of anilines is 1. The second-order valence-electron chi connectivity index (χ2n) is 4.60. The van der Waals surface area contributed by atoms with Crippen molar-refractivity contribution in [1.29, 1.82) is 0 Å².